The molecular weight excluding hydrogens is 372 g/mol. The van der Waals surface area contributed by atoms with Gasteiger partial charge >= 0.3 is 0 Å². The van der Waals surface area contributed by atoms with E-state index in [0.717, 1.165) is 15.8 Å². The van der Waals surface area contributed by atoms with E-state index < -0.39 is 15.9 Å². The van der Waals surface area contributed by atoms with Crippen LogP contribution in [0.2, 0.25) is 0 Å². The second kappa shape index (κ2) is 7.84. The third-order valence-electron chi connectivity index (χ3n) is 3.92. The number of aryl methyl sites for hydroxylation is 2. The van der Waals surface area contributed by atoms with Crippen molar-refractivity contribution in [3.05, 3.63) is 68.6 Å². The number of carbonyl (C=O) groups excluding carboxylic acids is 1. The number of aromatic nitrogens is 1. The first kappa shape index (κ1) is 18.3. The molecule has 2 N–H and O–H groups in total. The molecule has 0 aliphatic heterocycles. The van der Waals surface area contributed by atoms with E-state index in [1.165, 1.54) is 11.3 Å². The van der Waals surface area contributed by atoms with E-state index in [4.69, 9.17) is 0 Å². The lowest BCUT2D eigenvalue weighted by Crippen LogP contribution is -2.33. The second-order valence-electron chi connectivity index (χ2n) is 5.88. The predicted molar refractivity (Wildman–Crippen MR) is 103 cm³/mol. The Morgan fingerprint density at radius 1 is 1.12 bits per heavy atom. The van der Waals surface area contributed by atoms with Crippen LogP contribution in [-0.4, -0.2) is 25.1 Å². The topological polar surface area (TPSA) is 96.1 Å². The molecule has 26 heavy (non-hydrogen) atoms. The van der Waals surface area contributed by atoms with Crippen molar-refractivity contribution in [1.82, 2.24) is 9.71 Å². The molecule has 6 nitrogen and oxygen atoms in total. The summed E-state index contributed by atoms with van der Waals surface area (Å²) in [6.45, 7) is 0. The zero-order chi connectivity index (χ0) is 18.6. The Kier molecular flexibility index (Phi) is 5.53. The molecule has 0 aliphatic rings. The number of hydrogen-bond donors (Lipinski definition) is 2. The van der Waals surface area contributed by atoms with Crippen molar-refractivity contribution in [1.29, 1.82) is 0 Å². The normalized spacial score (nSPS) is 11.5. The highest BCUT2D eigenvalue weighted by Gasteiger charge is 2.15. The van der Waals surface area contributed by atoms with Gasteiger partial charge in [-0.3, -0.25) is 14.3 Å². The summed E-state index contributed by atoms with van der Waals surface area (Å²) in [6, 6.07) is 12.8. The van der Waals surface area contributed by atoms with Crippen LogP contribution < -0.4 is 10.3 Å². The van der Waals surface area contributed by atoms with Crippen molar-refractivity contribution in [2.24, 2.45) is 0 Å². The minimum Gasteiger partial charge on any atom is -0.322 e. The fourth-order valence-corrected chi connectivity index (χ4v) is 4.47. The van der Waals surface area contributed by atoms with Crippen molar-refractivity contribution in [2.45, 2.75) is 19.3 Å². The molecule has 8 heteroatoms. The molecule has 0 unspecified atom stereocenters. The molecule has 0 saturated heterocycles. The van der Waals surface area contributed by atoms with Gasteiger partial charge in [-0.05, 0) is 41.8 Å². The number of rotatable bonds is 7. The first-order valence-electron chi connectivity index (χ1n) is 8.09. The smallest absolute Gasteiger partial charge is 0.251 e. The van der Waals surface area contributed by atoms with Gasteiger partial charge in [0.25, 0.3) is 5.56 Å². The number of nitrogens with one attached hydrogen (secondary N) is 2. The first-order chi connectivity index (χ1) is 12.4. The van der Waals surface area contributed by atoms with Gasteiger partial charge in [-0.25, -0.2) is 8.42 Å². The van der Waals surface area contributed by atoms with Crippen LogP contribution in [-0.2, 0) is 27.7 Å². The molecule has 1 amide bonds. The van der Waals surface area contributed by atoms with E-state index in [1.807, 2.05) is 35.7 Å². The number of thiophene rings is 1. The molecule has 0 saturated carbocycles. The summed E-state index contributed by atoms with van der Waals surface area (Å²) < 4.78 is 26.1. The Hall–Kier alpha value is -2.45. The zero-order valence-electron chi connectivity index (χ0n) is 13.9. The van der Waals surface area contributed by atoms with Crippen molar-refractivity contribution in [2.75, 3.05) is 5.75 Å². The fourth-order valence-electron chi connectivity index (χ4n) is 2.59. The number of hydrogen-bond acceptors (Lipinski definition) is 5. The minimum atomic E-state index is -3.68. The fraction of sp³-hybridized carbons (Fsp3) is 0.222. The van der Waals surface area contributed by atoms with E-state index in [1.54, 1.807) is 12.1 Å². The molecular formula is C18H18N2O4S2. The average Bonchev–Trinajstić information content (AvgIpc) is 3.11. The van der Waals surface area contributed by atoms with Crippen LogP contribution in [0.15, 0.2) is 52.6 Å². The van der Waals surface area contributed by atoms with Crippen LogP contribution in [0.5, 0.6) is 0 Å². The average molecular weight is 390 g/mol. The van der Waals surface area contributed by atoms with E-state index in [2.05, 4.69) is 9.71 Å². The Morgan fingerprint density at radius 3 is 2.69 bits per heavy atom. The second-order valence-corrected chi connectivity index (χ2v) is 8.76. The molecule has 1 aromatic carbocycles. The van der Waals surface area contributed by atoms with E-state index in [0.29, 0.717) is 12.0 Å². The third-order valence-corrected chi connectivity index (χ3v) is 6.13. The minimum absolute atomic E-state index is 0.0698. The van der Waals surface area contributed by atoms with Crippen molar-refractivity contribution >= 4 is 38.2 Å². The van der Waals surface area contributed by atoms with Crippen LogP contribution in [0.1, 0.15) is 16.9 Å². The summed E-state index contributed by atoms with van der Waals surface area (Å²) >= 11 is 1.48. The summed E-state index contributed by atoms with van der Waals surface area (Å²) in [4.78, 5) is 27.7. The summed E-state index contributed by atoms with van der Waals surface area (Å²) in [7, 11) is -3.68. The molecule has 0 radical (unpaired) electrons. The molecule has 2 aromatic heterocycles. The van der Waals surface area contributed by atoms with Crippen molar-refractivity contribution in [3.8, 4) is 0 Å². The monoisotopic (exact) mass is 390 g/mol. The maximum Gasteiger partial charge on any atom is 0.251 e. The lowest BCUT2D eigenvalue weighted by Gasteiger charge is -2.07. The highest BCUT2D eigenvalue weighted by atomic mass is 32.2. The Balaban J connectivity index is 1.58. The number of amides is 1. The van der Waals surface area contributed by atoms with Gasteiger partial charge in [0.2, 0.25) is 15.9 Å². The SMILES string of the molecule is O=C(CCc1cc2ccccc2[nH]c1=O)NS(=O)(=O)CCc1cccs1. The van der Waals surface area contributed by atoms with Crippen LogP contribution in [0.3, 0.4) is 0 Å². The van der Waals surface area contributed by atoms with Crippen LogP contribution in [0.25, 0.3) is 10.9 Å². The standard InChI is InChI=1S/C18H18N2O4S2/c21-17(20-26(23,24)11-9-15-5-3-10-25-15)8-7-14-12-13-4-1-2-6-16(13)19-18(14)22/h1-6,10,12H,7-9,11H2,(H,19,22)(H,20,21). The lowest BCUT2D eigenvalue weighted by atomic mass is 10.1. The number of carbonyl (C=O) groups is 1. The van der Waals surface area contributed by atoms with Crippen LogP contribution in [0.4, 0.5) is 0 Å². The van der Waals surface area contributed by atoms with Crippen molar-refractivity contribution in [3.63, 3.8) is 0 Å². The van der Waals surface area contributed by atoms with Gasteiger partial charge in [-0.2, -0.15) is 0 Å². The highest BCUT2D eigenvalue weighted by Crippen LogP contribution is 2.12. The number of fused-ring (bicyclic) bond motifs is 1. The van der Waals surface area contributed by atoms with Gasteiger partial charge in [-0.15, -0.1) is 11.3 Å². The molecule has 2 heterocycles. The maximum atomic E-state index is 12.1. The summed E-state index contributed by atoms with van der Waals surface area (Å²) in [5.41, 5.74) is 0.911. The Morgan fingerprint density at radius 2 is 1.92 bits per heavy atom. The van der Waals surface area contributed by atoms with E-state index in [-0.39, 0.29) is 24.2 Å². The van der Waals surface area contributed by atoms with Gasteiger partial charge in [0.15, 0.2) is 0 Å². The van der Waals surface area contributed by atoms with E-state index >= 15 is 0 Å². The number of para-hydroxylation sites is 1. The molecule has 136 valence electrons. The number of aromatic amines is 1. The number of pyridine rings is 1. The van der Waals surface area contributed by atoms with E-state index in [9.17, 15) is 18.0 Å². The highest BCUT2D eigenvalue weighted by molar-refractivity contribution is 7.90. The maximum absolute atomic E-state index is 12.1. The van der Waals surface area contributed by atoms with Gasteiger partial charge < -0.3 is 4.98 Å². The van der Waals surface area contributed by atoms with Gasteiger partial charge in [0, 0.05) is 22.4 Å². The quantitative estimate of drug-likeness (QED) is 0.646. The van der Waals surface area contributed by atoms with Crippen LogP contribution in [0, 0.1) is 0 Å². The third kappa shape index (κ3) is 4.80. The molecule has 3 rings (SSSR count). The molecule has 0 atom stereocenters. The predicted octanol–water partition coefficient (Wildman–Crippen LogP) is 2.21. The summed E-state index contributed by atoms with van der Waals surface area (Å²) in [5, 5.41) is 2.74. The van der Waals surface area contributed by atoms with Gasteiger partial charge in [-0.1, -0.05) is 24.3 Å². The molecule has 3 aromatic rings. The summed E-state index contributed by atoms with van der Waals surface area (Å²) in [5.74, 6) is -0.751. The first-order valence-corrected chi connectivity index (χ1v) is 10.6. The van der Waals surface area contributed by atoms with Gasteiger partial charge in [0.1, 0.15) is 0 Å². The van der Waals surface area contributed by atoms with Crippen molar-refractivity contribution < 1.29 is 13.2 Å². The zero-order valence-corrected chi connectivity index (χ0v) is 15.5. The van der Waals surface area contributed by atoms with Gasteiger partial charge in [0.05, 0.1) is 5.75 Å². The molecule has 0 spiro atoms. The molecule has 0 aliphatic carbocycles. The summed E-state index contributed by atoms with van der Waals surface area (Å²) in [6.07, 6.45) is 0.469. The number of benzene rings is 1. The van der Waals surface area contributed by atoms with Crippen LogP contribution >= 0.6 is 11.3 Å². The molecule has 0 fully saturated rings. The Bertz CT molecular complexity index is 1070. The number of H-pyrrole nitrogens is 1. The largest absolute Gasteiger partial charge is 0.322 e. The molecule has 0 bridgehead atoms. The Labute approximate surface area is 154 Å². The number of sulfonamides is 1. The lowest BCUT2D eigenvalue weighted by molar-refractivity contribution is -0.119.